The summed E-state index contributed by atoms with van der Waals surface area (Å²) in [5.41, 5.74) is 0.212. The van der Waals surface area contributed by atoms with Gasteiger partial charge in [-0.05, 0) is 36.4 Å². The normalized spacial score (nSPS) is 10.1. The number of carbonyl (C=O) groups excluding carboxylic acids is 1. The van der Waals surface area contributed by atoms with Gasteiger partial charge in [-0.3, -0.25) is 10.0 Å². The van der Waals surface area contributed by atoms with Crippen molar-refractivity contribution in [2.24, 2.45) is 0 Å². The van der Waals surface area contributed by atoms with Gasteiger partial charge in [0.15, 0.2) is 0 Å². The zero-order chi connectivity index (χ0) is 15.4. The molecule has 0 atom stereocenters. The molecule has 0 aromatic heterocycles. The fourth-order valence-electron chi connectivity index (χ4n) is 1.87. The summed E-state index contributed by atoms with van der Waals surface area (Å²) in [6, 6.07) is 9.68. The fraction of sp³-hybridized carbons (Fsp3) is 0.133. The number of ether oxygens (including phenoxy) is 2. The van der Waals surface area contributed by atoms with Crippen molar-refractivity contribution in [2.75, 3.05) is 19.3 Å². The van der Waals surface area contributed by atoms with Crippen molar-refractivity contribution in [3.63, 3.8) is 0 Å². The molecule has 1 N–H and O–H groups in total. The molecule has 0 aliphatic heterocycles. The average molecular weight is 291 g/mol. The van der Waals surface area contributed by atoms with Gasteiger partial charge in [-0.2, -0.15) is 5.06 Å². The first-order chi connectivity index (χ1) is 10.1. The highest BCUT2D eigenvalue weighted by Crippen LogP contribution is 2.30. The number of halogens is 1. The second kappa shape index (κ2) is 6.23. The number of nitrogens with zero attached hydrogens (tertiary/aromatic N) is 1. The Morgan fingerprint density at radius 2 is 1.57 bits per heavy atom. The van der Waals surface area contributed by atoms with Crippen molar-refractivity contribution in [3.8, 4) is 11.5 Å². The predicted molar refractivity (Wildman–Crippen MR) is 74.5 cm³/mol. The number of anilines is 1. The molecule has 2 aromatic carbocycles. The average Bonchev–Trinajstić information content (AvgIpc) is 2.53. The Hall–Kier alpha value is -2.60. The van der Waals surface area contributed by atoms with Gasteiger partial charge in [0.2, 0.25) is 0 Å². The Labute approximate surface area is 121 Å². The minimum Gasteiger partial charge on any atom is -0.496 e. The van der Waals surface area contributed by atoms with Crippen LogP contribution >= 0.6 is 0 Å². The number of carbonyl (C=O) groups is 1. The van der Waals surface area contributed by atoms with Crippen LogP contribution < -0.4 is 14.5 Å². The number of amides is 1. The Morgan fingerprint density at radius 3 is 2.05 bits per heavy atom. The third-order valence-electron chi connectivity index (χ3n) is 2.91. The van der Waals surface area contributed by atoms with Crippen LogP contribution in [0.3, 0.4) is 0 Å². The van der Waals surface area contributed by atoms with Gasteiger partial charge < -0.3 is 9.47 Å². The molecular weight excluding hydrogens is 277 g/mol. The Kier molecular flexibility index (Phi) is 4.39. The summed E-state index contributed by atoms with van der Waals surface area (Å²) < 4.78 is 23.1. The summed E-state index contributed by atoms with van der Waals surface area (Å²) in [6.45, 7) is 0. The van der Waals surface area contributed by atoms with E-state index in [2.05, 4.69) is 0 Å². The summed E-state index contributed by atoms with van der Waals surface area (Å²) in [6.07, 6.45) is 0. The quantitative estimate of drug-likeness (QED) is 0.695. The van der Waals surface area contributed by atoms with Gasteiger partial charge in [0, 0.05) is 0 Å². The molecule has 0 heterocycles. The number of hydroxylamine groups is 1. The van der Waals surface area contributed by atoms with Gasteiger partial charge in [-0.15, -0.1) is 0 Å². The number of methoxy groups -OCH3 is 2. The van der Waals surface area contributed by atoms with Gasteiger partial charge in [0.25, 0.3) is 5.91 Å². The molecule has 1 amide bonds. The molecule has 2 rings (SSSR count). The smallest absolute Gasteiger partial charge is 0.289 e. The maximum atomic E-state index is 12.9. The number of benzene rings is 2. The molecule has 6 heteroatoms. The van der Waals surface area contributed by atoms with Crippen LogP contribution in [-0.4, -0.2) is 25.3 Å². The number of rotatable bonds is 4. The zero-order valence-electron chi connectivity index (χ0n) is 11.5. The third kappa shape index (κ3) is 2.95. The molecule has 0 fully saturated rings. The second-order valence-corrected chi connectivity index (χ2v) is 4.13. The lowest BCUT2D eigenvalue weighted by Gasteiger charge is -2.18. The van der Waals surface area contributed by atoms with E-state index < -0.39 is 11.7 Å². The van der Waals surface area contributed by atoms with Crippen molar-refractivity contribution in [2.45, 2.75) is 0 Å². The van der Waals surface area contributed by atoms with E-state index in [0.29, 0.717) is 5.06 Å². The highest BCUT2D eigenvalue weighted by Gasteiger charge is 2.24. The lowest BCUT2D eigenvalue weighted by Crippen LogP contribution is -2.27. The van der Waals surface area contributed by atoms with Gasteiger partial charge in [-0.25, -0.2) is 4.39 Å². The van der Waals surface area contributed by atoms with Crippen LogP contribution in [0.15, 0.2) is 42.5 Å². The van der Waals surface area contributed by atoms with Crippen molar-refractivity contribution >= 4 is 11.6 Å². The van der Waals surface area contributed by atoms with Gasteiger partial charge >= 0.3 is 0 Å². The highest BCUT2D eigenvalue weighted by molar-refractivity contribution is 6.08. The molecule has 0 spiro atoms. The molecule has 0 saturated heterocycles. The number of hydrogen-bond acceptors (Lipinski definition) is 4. The molecule has 0 bridgehead atoms. The molecule has 0 aliphatic rings. The molecule has 0 aliphatic carbocycles. The molecule has 2 aromatic rings. The van der Waals surface area contributed by atoms with Crippen LogP contribution in [0.25, 0.3) is 0 Å². The van der Waals surface area contributed by atoms with E-state index in [9.17, 15) is 14.4 Å². The first-order valence-corrected chi connectivity index (χ1v) is 6.08. The van der Waals surface area contributed by atoms with E-state index in [4.69, 9.17) is 9.47 Å². The standard InChI is InChI=1S/C15H14FNO4/c1-20-12-4-3-5-13(21-2)14(12)15(18)17(19)11-8-6-10(16)7-9-11/h3-9,19H,1-2H3. The Bertz CT molecular complexity index is 620. The van der Waals surface area contributed by atoms with E-state index in [1.165, 1.54) is 26.4 Å². The van der Waals surface area contributed by atoms with Crippen molar-refractivity contribution in [1.29, 1.82) is 0 Å². The first-order valence-electron chi connectivity index (χ1n) is 6.08. The van der Waals surface area contributed by atoms with E-state index in [-0.39, 0.29) is 22.7 Å². The highest BCUT2D eigenvalue weighted by atomic mass is 19.1. The van der Waals surface area contributed by atoms with Gasteiger partial charge in [0.05, 0.1) is 19.9 Å². The fourth-order valence-corrected chi connectivity index (χ4v) is 1.87. The molecule has 0 radical (unpaired) electrons. The van der Waals surface area contributed by atoms with Crippen LogP contribution in [0.5, 0.6) is 11.5 Å². The molecule has 0 unspecified atom stereocenters. The molecule has 5 nitrogen and oxygen atoms in total. The summed E-state index contributed by atoms with van der Waals surface area (Å²) in [5, 5.41) is 10.4. The van der Waals surface area contributed by atoms with E-state index in [1.807, 2.05) is 0 Å². The molecular formula is C15H14FNO4. The summed E-state index contributed by atoms with van der Waals surface area (Å²) >= 11 is 0. The maximum absolute atomic E-state index is 12.9. The number of hydrogen-bond donors (Lipinski definition) is 1. The Balaban J connectivity index is 2.41. The van der Waals surface area contributed by atoms with Crippen LogP contribution in [-0.2, 0) is 0 Å². The summed E-state index contributed by atoms with van der Waals surface area (Å²) in [7, 11) is 2.82. The SMILES string of the molecule is COc1cccc(OC)c1C(=O)N(O)c1ccc(F)cc1. The second-order valence-electron chi connectivity index (χ2n) is 4.13. The summed E-state index contributed by atoms with van der Waals surface area (Å²) in [4.78, 5) is 12.4. The largest absolute Gasteiger partial charge is 0.496 e. The van der Waals surface area contributed by atoms with E-state index in [1.54, 1.807) is 18.2 Å². The monoisotopic (exact) mass is 291 g/mol. The minimum atomic E-state index is -0.740. The Morgan fingerprint density at radius 1 is 1.05 bits per heavy atom. The predicted octanol–water partition coefficient (Wildman–Crippen LogP) is 2.88. The van der Waals surface area contributed by atoms with Gasteiger partial charge in [0.1, 0.15) is 22.9 Å². The van der Waals surface area contributed by atoms with Crippen LogP contribution in [0.2, 0.25) is 0 Å². The van der Waals surface area contributed by atoms with Crippen LogP contribution in [0, 0.1) is 5.82 Å². The minimum absolute atomic E-state index is 0.0781. The van der Waals surface area contributed by atoms with Crippen molar-refractivity contribution < 1.29 is 23.9 Å². The molecule has 110 valence electrons. The first kappa shape index (κ1) is 14.8. The zero-order valence-corrected chi connectivity index (χ0v) is 11.5. The van der Waals surface area contributed by atoms with Crippen molar-refractivity contribution in [1.82, 2.24) is 0 Å². The molecule has 21 heavy (non-hydrogen) atoms. The van der Waals surface area contributed by atoms with E-state index in [0.717, 1.165) is 12.1 Å². The van der Waals surface area contributed by atoms with Crippen molar-refractivity contribution in [3.05, 3.63) is 53.8 Å². The third-order valence-corrected chi connectivity index (χ3v) is 2.91. The van der Waals surface area contributed by atoms with Gasteiger partial charge in [-0.1, -0.05) is 6.07 Å². The topological polar surface area (TPSA) is 59.0 Å². The van der Waals surface area contributed by atoms with E-state index >= 15 is 0 Å². The lowest BCUT2D eigenvalue weighted by atomic mass is 10.1. The van der Waals surface area contributed by atoms with Crippen LogP contribution in [0.4, 0.5) is 10.1 Å². The maximum Gasteiger partial charge on any atom is 0.289 e. The summed E-state index contributed by atoms with van der Waals surface area (Å²) in [5.74, 6) is -0.675. The van der Waals surface area contributed by atoms with Crippen LogP contribution in [0.1, 0.15) is 10.4 Å². The molecule has 0 saturated carbocycles. The lowest BCUT2D eigenvalue weighted by molar-refractivity contribution is 0.0848.